The van der Waals surface area contributed by atoms with E-state index in [-0.39, 0.29) is 11.4 Å². The first kappa shape index (κ1) is 19.5. The van der Waals surface area contributed by atoms with Crippen molar-refractivity contribution < 1.29 is 10.2 Å². The van der Waals surface area contributed by atoms with Gasteiger partial charge < -0.3 is 20.8 Å². The molecule has 0 amide bonds. The van der Waals surface area contributed by atoms with Crippen molar-refractivity contribution in [2.24, 2.45) is 0 Å². The molecule has 1 aromatic heterocycles. The van der Waals surface area contributed by atoms with E-state index in [1.54, 1.807) is 26.0 Å². The average molecular weight is 383 g/mol. The molecule has 3 aromatic rings. The third kappa shape index (κ3) is 4.52. The Morgan fingerprint density at radius 3 is 2.04 bits per heavy atom. The molecular formula is C20H25N5O3. The summed E-state index contributed by atoms with van der Waals surface area (Å²) in [5.41, 5.74) is 2.31. The number of aliphatic hydroxyl groups is 1. The van der Waals surface area contributed by atoms with Gasteiger partial charge in [0, 0.05) is 24.5 Å². The molecule has 0 bridgehead atoms. The van der Waals surface area contributed by atoms with Crippen LogP contribution < -0.4 is 16.3 Å². The lowest BCUT2D eigenvalue weighted by Crippen LogP contribution is -2.31. The van der Waals surface area contributed by atoms with E-state index in [2.05, 4.69) is 15.7 Å². The molecule has 1 heterocycles. The smallest absolute Gasteiger partial charge is 0.350 e. The fraction of sp³-hybridized carbons (Fsp3) is 0.300. The second-order valence-electron chi connectivity index (χ2n) is 6.66. The summed E-state index contributed by atoms with van der Waals surface area (Å²) >= 11 is 0. The van der Waals surface area contributed by atoms with Crippen LogP contribution in [0.25, 0.3) is 5.69 Å². The van der Waals surface area contributed by atoms with Crippen LogP contribution in [0.2, 0.25) is 0 Å². The summed E-state index contributed by atoms with van der Waals surface area (Å²) < 4.78 is 2.74. The number of hydrogen-bond donors (Lipinski definition) is 4. The largest absolute Gasteiger partial charge is 0.508 e. The number of aliphatic hydroxyl groups excluding tert-OH is 1. The Morgan fingerprint density at radius 2 is 1.50 bits per heavy atom. The van der Waals surface area contributed by atoms with Gasteiger partial charge in [-0.25, -0.2) is 14.0 Å². The molecule has 0 radical (unpaired) electrons. The molecule has 0 aliphatic heterocycles. The molecule has 0 spiro atoms. The summed E-state index contributed by atoms with van der Waals surface area (Å²) in [4.78, 5) is 12.5. The summed E-state index contributed by atoms with van der Waals surface area (Å²) in [5.74, 6) is 0.244. The van der Waals surface area contributed by atoms with Crippen molar-refractivity contribution in [1.29, 1.82) is 0 Å². The molecule has 0 saturated heterocycles. The number of aromatic hydroxyl groups is 1. The predicted octanol–water partition coefficient (Wildman–Crippen LogP) is 2.21. The molecule has 2 atom stereocenters. The molecule has 0 saturated carbocycles. The van der Waals surface area contributed by atoms with Gasteiger partial charge in [-0.15, -0.1) is 0 Å². The van der Waals surface area contributed by atoms with E-state index in [0.717, 1.165) is 17.9 Å². The topological polar surface area (TPSA) is 104 Å². The molecule has 2 aromatic carbocycles. The zero-order valence-electron chi connectivity index (χ0n) is 15.9. The van der Waals surface area contributed by atoms with Crippen LogP contribution in [0.3, 0.4) is 0 Å². The number of aromatic nitrogens is 3. The Balaban J connectivity index is 1.56. The number of hydrogen-bond acceptors (Lipinski definition) is 6. The average Bonchev–Trinajstić information content (AvgIpc) is 3.07. The summed E-state index contributed by atoms with van der Waals surface area (Å²) in [6.07, 6.45) is 0.799. The van der Waals surface area contributed by atoms with E-state index in [0.29, 0.717) is 12.2 Å². The highest BCUT2D eigenvalue weighted by Gasteiger charge is 2.16. The van der Waals surface area contributed by atoms with Crippen molar-refractivity contribution in [3.63, 3.8) is 0 Å². The molecule has 28 heavy (non-hydrogen) atoms. The number of nitrogens with one attached hydrogen (secondary N) is 2. The maximum atomic E-state index is 12.5. The van der Waals surface area contributed by atoms with Gasteiger partial charge in [0.2, 0.25) is 0 Å². The molecular weight excluding hydrogens is 358 g/mol. The maximum Gasteiger partial charge on any atom is 0.350 e. The van der Waals surface area contributed by atoms with E-state index in [4.69, 9.17) is 0 Å². The SMILES string of the molecule is C[C@@H](O)[C@H](C)n1ncn(-c2ccc(NCCNc3ccc(O)cc3)cc2)c1=O. The highest BCUT2D eigenvalue weighted by atomic mass is 16.3. The second kappa shape index (κ2) is 8.62. The van der Waals surface area contributed by atoms with Crippen molar-refractivity contribution in [2.75, 3.05) is 23.7 Å². The van der Waals surface area contributed by atoms with Gasteiger partial charge in [-0.2, -0.15) is 5.10 Å². The quantitative estimate of drug-likeness (QED) is 0.351. The first-order valence-corrected chi connectivity index (χ1v) is 9.17. The molecule has 4 N–H and O–H groups in total. The molecule has 0 aliphatic carbocycles. The van der Waals surface area contributed by atoms with Gasteiger partial charge in [-0.05, 0) is 62.4 Å². The van der Waals surface area contributed by atoms with Gasteiger partial charge >= 0.3 is 5.69 Å². The van der Waals surface area contributed by atoms with Crippen molar-refractivity contribution in [1.82, 2.24) is 14.3 Å². The third-order valence-corrected chi connectivity index (χ3v) is 4.57. The monoisotopic (exact) mass is 383 g/mol. The molecule has 0 aliphatic rings. The summed E-state index contributed by atoms with van der Waals surface area (Å²) in [6.45, 7) is 4.82. The summed E-state index contributed by atoms with van der Waals surface area (Å²) in [7, 11) is 0. The van der Waals surface area contributed by atoms with E-state index in [1.807, 2.05) is 36.4 Å². The Hall–Kier alpha value is -3.26. The van der Waals surface area contributed by atoms with Gasteiger partial charge in [0.15, 0.2) is 0 Å². The fourth-order valence-electron chi connectivity index (χ4n) is 2.71. The van der Waals surface area contributed by atoms with E-state index in [1.165, 1.54) is 15.6 Å². The number of rotatable bonds is 8. The zero-order chi connectivity index (χ0) is 20.1. The van der Waals surface area contributed by atoms with Crippen LogP contribution in [0.4, 0.5) is 11.4 Å². The number of phenolic OH excluding ortho intramolecular Hbond substituents is 1. The molecule has 8 nitrogen and oxygen atoms in total. The third-order valence-electron chi connectivity index (χ3n) is 4.57. The Morgan fingerprint density at radius 1 is 0.964 bits per heavy atom. The number of benzene rings is 2. The van der Waals surface area contributed by atoms with Crippen molar-refractivity contribution in [3.05, 3.63) is 65.3 Å². The first-order chi connectivity index (χ1) is 13.5. The van der Waals surface area contributed by atoms with Crippen LogP contribution >= 0.6 is 0 Å². The van der Waals surface area contributed by atoms with Crippen LogP contribution in [-0.4, -0.2) is 43.8 Å². The Kier molecular flexibility index (Phi) is 6.00. The number of anilines is 2. The number of nitrogens with zero attached hydrogens (tertiary/aromatic N) is 3. The lowest BCUT2D eigenvalue weighted by atomic mass is 10.2. The molecule has 8 heteroatoms. The maximum absolute atomic E-state index is 12.5. The zero-order valence-corrected chi connectivity index (χ0v) is 15.9. The second-order valence-corrected chi connectivity index (χ2v) is 6.66. The van der Waals surface area contributed by atoms with Crippen LogP contribution in [0.1, 0.15) is 19.9 Å². The van der Waals surface area contributed by atoms with Crippen molar-refractivity contribution >= 4 is 11.4 Å². The molecule has 148 valence electrons. The lowest BCUT2D eigenvalue weighted by molar-refractivity contribution is 0.130. The summed E-state index contributed by atoms with van der Waals surface area (Å²) in [5, 5.41) is 29.6. The van der Waals surface area contributed by atoms with Gasteiger partial charge in [-0.1, -0.05) is 0 Å². The van der Waals surface area contributed by atoms with Gasteiger partial charge in [-0.3, -0.25) is 0 Å². The molecule has 3 rings (SSSR count). The van der Waals surface area contributed by atoms with Crippen molar-refractivity contribution in [3.8, 4) is 11.4 Å². The highest BCUT2D eigenvalue weighted by molar-refractivity contribution is 5.49. The number of phenols is 1. The minimum atomic E-state index is -0.664. The minimum Gasteiger partial charge on any atom is -0.508 e. The summed E-state index contributed by atoms with van der Waals surface area (Å²) in [6, 6.07) is 14.0. The standard InChI is InChI=1S/C20H25N5O3/c1-14(15(2)26)25-20(28)24(13-23-25)18-7-3-16(4-8-18)21-11-12-22-17-5-9-19(27)10-6-17/h3-10,13-15,21-22,26-27H,11-12H2,1-2H3/t14-,15+/m0/s1. The van der Waals surface area contributed by atoms with Gasteiger partial charge in [0.05, 0.1) is 17.8 Å². The molecule has 0 fully saturated rings. The van der Waals surface area contributed by atoms with Gasteiger partial charge in [0.1, 0.15) is 12.1 Å². The van der Waals surface area contributed by atoms with E-state index >= 15 is 0 Å². The van der Waals surface area contributed by atoms with E-state index in [9.17, 15) is 15.0 Å². The van der Waals surface area contributed by atoms with Crippen LogP contribution in [0, 0.1) is 0 Å². The lowest BCUT2D eigenvalue weighted by Gasteiger charge is -2.13. The highest BCUT2D eigenvalue weighted by Crippen LogP contribution is 2.14. The normalized spacial score (nSPS) is 13.1. The van der Waals surface area contributed by atoms with Crippen LogP contribution in [0.15, 0.2) is 59.7 Å². The van der Waals surface area contributed by atoms with E-state index < -0.39 is 12.1 Å². The first-order valence-electron chi connectivity index (χ1n) is 9.17. The van der Waals surface area contributed by atoms with Crippen LogP contribution in [-0.2, 0) is 0 Å². The van der Waals surface area contributed by atoms with Crippen LogP contribution in [0.5, 0.6) is 5.75 Å². The van der Waals surface area contributed by atoms with Crippen molar-refractivity contribution in [2.45, 2.75) is 26.0 Å². The Bertz CT molecular complexity index is 945. The van der Waals surface area contributed by atoms with Gasteiger partial charge in [0.25, 0.3) is 0 Å². The minimum absolute atomic E-state index is 0.244. The molecule has 0 unspecified atom stereocenters. The Labute approximate surface area is 163 Å². The fourth-order valence-corrected chi connectivity index (χ4v) is 2.71. The predicted molar refractivity (Wildman–Crippen MR) is 109 cm³/mol.